The largest absolute Gasteiger partial charge is 0.492 e. The number of nitrogens with zero attached hydrogens (tertiary/aromatic N) is 2. The highest BCUT2D eigenvalue weighted by Crippen LogP contribution is 2.34. The lowest BCUT2D eigenvalue weighted by Gasteiger charge is -2.19. The van der Waals surface area contributed by atoms with Gasteiger partial charge < -0.3 is 19.1 Å². The molecule has 0 saturated carbocycles. The zero-order chi connectivity index (χ0) is 21.7. The predicted octanol–water partition coefficient (Wildman–Crippen LogP) is 4.26. The molecule has 2 aromatic carbocycles. The molecule has 0 amide bonds. The van der Waals surface area contributed by atoms with Crippen molar-refractivity contribution in [3.8, 4) is 28.6 Å². The summed E-state index contributed by atoms with van der Waals surface area (Å²) in [6, 6.07) is 10.9. The number of hydrogen-bond acceptors (Lipinski definition) is 7. The van der Waals surface area contributed by atoms with Crippen molar-refractivity contribution < 1.29 is 28.3 Å². The van der Waals surface area contributed by atoms with Crippen LogP contribution in [0.25, 0.3) is 22.8 Å². The van der Waals surface area contributed by atoms with Crippen LogP contribution in [0.4, 0.5) is 4.39 Å². The molecule has 1 heterocycles. The standard InChI is InChI=1S/C22H23FN2O5/c1-4-28-21(26)16-10-7-9-15(18(16)29-13-12-22(2,3)27)19-24-20(30-25-19)14-8-5-6-11-17(14)23/h5-11,27H,4,12-13H2,1-3H3. The van der Waals surface area contributed by atoms with E-state index in [1.165, 1.54) is 12.1 Å². The van der Waals surface area contributed by atoms with E-state index in [4.69, 9.17) is 14.0 Å². The molecule has 0 saturated heterocycles. The van der Waals surface area contributed by atoms with Crippen LogP contribution in [0, 0.1) is 5.82 Å². The summed E-state index contributed by atoms with van der Waals surface area (Å²) in [4.78, 5) is 16.7. The lowest BCUT2D eigenvalue weighted by Crippen LogP contribution is -2.22. The Morgan fingerprint density at radius 3 is 2.60 bits per heavy atom. The van der Waals surface area contributed by atoms with E-state index >= 15 is 0 Å². The number of rotatable bonds is 8. The molecule has 158 valence electrons. The van der Waals surface area contributed by atoms with Crippen LogP contribution >= 0.6 is 0 Å². The number of ether oxygens (including phenoxy) is 2. The van der Waals surface area contributed by atoms with Crippen molar-refractivity contribution in [3.05, 3.63) is 53.8 Å². The number of carbonyl (C=O) groups is 1. The smallest absolute Gasteiger partial charge is 0.341 e. The maximum Gasteiger partial charge on any atom is 0.341 e. The molecule has 0 aliphatic heterocycles. The second kappa shape index (κ2) is 9.04. The van der Waals surface area contributed by atoms with Gasteiger partial charge in [0.05, 0.1) is 29.9 Å². The van der Waals surface area contributed by atoms with Crippen LogP contribution < -0.4 is 4.74 Å². The van der Waals surface area contributed by atoms with Crippen molar-refractivity contribution in [3.63, 3.8) is 0 Å². The molecule has 3 aromatic rings. The molecular formula is C22H23FN2O5. The van der Waals surface area contributed by atoms with E-state index in [0.29, 0.717) is 12.0 Å². The first-order valence-corrected chi connectivity index (χ1v) is 9.54. The first-order valence-electron chi connectivity index (χ1n) is 9.54. The van der Waals surface area contributed by atoms with Gasteiger partial charge in [-0.3, -0.25) is 0 Å². The zero-order valence-corrected chi connectivity index (χ0v) is 17.0. The molecule has 0 fully saturated rings. The number of carbonyl (C=O) groups excluding carboxylic acids is 1. The van der Waals surface area contributed by atoms with Crippen molar-refractivity contribution in [2.75, 3.05) is 13.2 Å². The minimum absolute atomic E-state index is 0.00655. The second-order valence-corrected chi connectivity index (χ2v) is 7.22. The normalized spacial score (nSPS) is 11.4. The number of esters is 1. The Labute approximate surface area is 173 Å². The molecule has 30 heavy (non-hydrogen) atoms. The van der Waals surface area contributed by atoms with Gasteiger partial charge in [-0.2, -0.15) is 4.98 Å². The summed E-state index contributed by atoms with van der Waals surface area (Å²) in [5, 5.41) is 13.9. The SMILES string of the molecule is CCOC(=O)c1cccc(-c2noc(-c3ccccc3F)n2)c1OCCC(C)(C)O. The van der Waals surface area contributed by atoms with Crippen LogP contribution in [-0.4, -0.2) is 40.0 Å². The Balaban J connectivity index is 2.00. The van der Waals surface area contributed by atoms with E-state index in [-0.39, 0.29) is 41.8 Å². The first kappa shape index (κ1) is 21.4. The van der Waals surface area contributed by atoms with E-state index in [1.807, 2.05) is 0 Å². The van der Waals surface area contributed by atoms with Gasteiger partial charge in [0.2, 0.25) is 5.82 Å². The highest BCUT2D eigenvalue weighted by atomic mass is 19.1. The van der Waals surface area contributed by atoms with E-state index in [2.05, 4.69) is 10.1 Å². The monoisotopic (exact) mass is 414 g/mol. The van der Waals surface area contributed by atoms with Crippen molar-refractivity contribution in [2.45, 2.75) is 32.8 Å². The molecular weight excluding hydrogens is 391 g/mol. The van der Waals surface area contributed by atoms with E-state index in [1.54, 1.807) is 51.1 Å². The van der Waals surface area contributed by atoms with E-state index in [0.717, 1.165) is 0 Å². The first-order chi connectivity index (χ1) is 14.3. The molecule has 0 aliphatic rings. The minimum atomic E-state index is -0.941. The minimum Gasteiger partial charge on any atom is -0.492 e. The van der Waals surface area contributed by atoms with Crippen molar-refractivity contribution >= 4 is 5.97 Å². The number of halogens is 1. The Morgan fingerprint density at radius 1 is 1.17 bits per heavy atom. The number of para-hydroxylation sites is 1. The molecule has 0 aliphatic carbocycles. The van der Waals surface area contributed by atoms with Crippen LogP contribution in [0.1, 0.15) is 37.6 Å². The van der Waals surface area contributed by atoms with Gasteiger partial charge in [0.1, 0.15) is 17.1 Å². The van der Waals surface area contributed by atoms with Crippen molar-refractivity contribution in [1.29, 1.82) is 0 Å². The third kappa shape index (κ3) is 5.01. The number of aliphatic hydroxyl groups is 1. The van der Waals surface area contributed by atoms with Crippen molar-refractivity contribution in [2.24, 2.45) is 0 Å². The van der Waals surface area contributed by atoms with E-state index < -0.39 is 17.4 Å². The number of hydrogen-bond donors (Lipinski definition) is 1. The van der Waals surface area contributed by atoms with Crippen LogP contribution in [-0.2, 0) is 4.74 Å². The summed E-state index contributed by atoms with van der Waals surface area (Å²) in [5.74, 6) is -0.698. The number of benzene rings is 2. The molecule has 1 N–H and O–H groups in total. The van der Waals surface area contributed by atoms with Crippen LogP contribution in [0.5, 0.6) is 5.75 Å². The van der Waals surface area contributed by atoms with E-state index in [9.17, 15) is 14.3 Å². The molecule has 0 spiro atoms. The van der Waals surface area contributed by atoms with Crippen LogP contribution in [0.3, 0.4) is 0 Å². The summed E-state index contributed by atoms with van der Waals surface area (Å²) in [5.41, 5.74) is -0.185. The molecule has 0 atom stereocenters. The van der Waals surface area contributed by atoms with Gasteiger partial charge in [0.15, 0.2) is 0 Å². The highest BCUT2D eigenvalue weighted by Gasteiger charge is 2.23. The summed E-state index contributed by atoms with van der Waals surface area (Å²) in [6.45, 7) is 5.37. The summed E-state index contributed by atoms with van der Waals surface area (Å²) in [7, 11) is 0. The predicted molar refractivity (Wildman–Crippen MR) is 107 cm³/mol. The van der Waals surface area contributed by atoms with Crippen LogP contribution in [0.15, 0.2) is 47.0 Å². The van der Waals surface area contributed by atoms with Crippen LogP contribution in [0.2, 0.25) is 0 Å². The van der Waals surface area contributed by atoms with Gasteiger partial charge in [-0.15, -0.1) is 0 Å². The van der Waals surface area contributed by atoms with Gasteiger partial charge in [-0.25, -0.2) is 9.18 Å². The Morgan fingerprint density at radius 2 is 1.90 bits per heavy atom. The lowest BCUT2D eigenvalue weighted by molar-refractivity contribution is 0.0506. The third-order valence-corrected chi connectivity index (χ3v) is 4.24. The van der Waals surface area contributed by atoms with Gasteiger partial charge >= 0.3 is 5.97 Å². The van der Waals surface area contributed by atoms with Crippen molar-refractivity contribution in [1.82, 2.24) is 10.1 Å². The van der Waals surface area contributed by atoms with Gasteiger partial charge in [-0.1, -0.05) is 23.4 Å². The Kier molecular flexibility index (Phi) is 6.47. The average molecular weight is 414 g/mol. The number of aromatic nitrogens is 2. The molecule has 0 radical (unpaired) electrons. The molecule has 3 rings (SSSR count). The molecule has 1 aromatic heterocycles. The van der Waals surface area contributed by atoms with Gasteiger partial charge in [-0.05, 0) is 45.0 Å². The maximum absolute atomic E-state index is 14.1. The fraction of sp³-hybridized carbons (Fsp3) is 0.318. The Bertz CT molecular complexity index is 1030. The maximum atomic E-state index is 14.1. The molecule has 0 bridgehead atoms. The lowest BCUT2D eigenvalue weighted by atomic mass is 10.1. The quantitative estimate of drug-likeness (QED) is 0.550. The third-order valence-electron chi connectivity index (χ3n) is 4.24. The molecule has 8 heteroatoms. The highest BCUT2D eigenvalue weighted by molar-refractivity contribution is 5.95. The topological polar surface area (TPSA) is 94.7 Å². The van der Waals surface area contributed by atoms with Gasteiger partial charge in [0.25, 0.3) is 5.89 Å². The molecule has 7 nitrogen and oxygen atoms in total. The average Bonchev–Trinajstić information content (AvgIpc) is 3.17. The zero-order valence-electron chi connectivity index (χ0n) is 17.0. The molecule has 0 unspecified atom stereocenters. The Hall–Kier alpha value is -3.26. The summed E-state index contributed by atoms with van der Waals surface area (Å²) < 4.78 is 30.3. The van der Waals surface area contributed by atoms with Gasteiger partial charge in [0, 0.05) is 6.42 Å². The summed E-state index contributed by atoms with van der Waals surface area (Å²) >= 11 is 0. The second-order valence-electron chi connectivity index (χ2n) is 7.22. The fourth-order valence-electron chi connectivity index (χ4n) is 2.72. The fourth-order valence-corrected chi connectivity index (χ4v) is 2.72. The summed E-state index contributed by atoms with van der Waals surface area (Å²) in [6.07, 6.45) is 0.330.